The number of methoxy groups -OCH3 is 1. The summed E-state index contributed by atoms with van der Waals surface area (Å²) < 4.78 is 59.2. The lowest BCUT2D eigenvalue weighted by Crippen LogP contribution is -2.35. The van der Waals surface area contributed by atoms with Crippen molar-refractivity contribution in [1.82, 2.24) is 19.4 Å². The normalized spacial score (nSPS) is 11.9. The van der Waals surface area contributed by atoms with Crippen LogP contribution >= 0.6 is 0 Å². The number of aliphatic hydroxyl groups excluding tert-OH is 1. The van der Waals surface area contributed by atoms with E-state index in [1.807, 2.05) is 0 Å². The molecule has 0 spiro atoms. The summed E-state index contributed by atoms with van der Waals surface area (Å²) in [4.78, 5) is 34.5. The van der Waals surface area contributed by atoms with Crippen LogP contribution in [0.1, 0.15) is 18.2 Å². The fourth-order valence-electron chi connectivity index (χ4n) is 3.43. The zero-order valence-electron chi connectivity index (χ0n) is 20.8. The van der Waals surface area contributed by atoms with Gasteiger partial charge >= 0.3 is 18.8 Å². The Morgan fingerprint density at radius 3 is 2.66 bits per heavy atom. The molecule has 3 aromatic rings. The van der Waals surface area contributed by atoms with Gasteiger partial charge < -0.3 is 29.0 Å². The highest BCUT2D eigenvalue weighted by Crippen LogP contribution is 2.27. The first-order valence-electron chi connectivity index (χ1n) is 11.2. The molecule has 1 unspecified atom stereocenters. The summed E-state index contributed by atoms with van der Waals surface area (Å²) in [5.41, 5.74) is 0.837. The molecular formula is C23H26F2N4O8S. The summed E-state index contributed by atoms with van der Waals surface area (Å²) in [6.45, 7) is -1.98. The van der Waals surface area contributed by atoms with Gasteiger partial charge in [-0.25, -0.2) is 19.1 Å². The lowest BCUT2D eigenvalue weighted by Gasteiger charge is -2.19. The number of imidazole rings is 1. The molecule has 0 radical (unpaired) electrons. The molecule has 1 N–H and O–H groups in total. The van der Waals surface area contributed by atoms with E-state index in [9.17, 15) is 27.7 Å². The van der Waals surface area contributed by atoms with E-state index < -0.39 is 36.2 Å². The van der Waals surface area contributed by atoms with Gasteiger partial charge in [-0.15, -0.1) is 0 Å². The van der Waals surface area contributed by atoms with Crippen LogP contribution in [0, 0.1) is 0 Å². The van der Waals surface area contributed by atoms with Crippen molar-refractivity contribution in [1.29, 1.82) is 0 Å². The van der Waals surface area contributed by atoms with Gasteiger partial charge in [-0.05, 0) is 25.1 Å². The Labute approximate surface area is 218 Å². The largest absolute Gasteiger partial charge is 0.508 e. The first-order valence-corrected chi connectivity index (χ1v) is 12.5. The van der Waals surface area contributed by atoms with Gasteiger partial charge in [-0.2, -0.15) is 8.78 Å². The maximum absolute atomic E-state index is 13.5. The Kier molecular flexibility index (Phi) is 9.90. The second kappa shape index (κ2) is 13.1. The smallest absolute Gasteiger partial charge is 0.496 e. The van der Waals surface area contributed by atoms with Crippen LogP contribution < -0.4 is 9.47 Å². The topological polar surface area (TPSA) is 142 Å². The zero-order valence-corrected chi connectivity index (χ0v) is 21.6. The second-order valence-electron chi connectivity index (χ2n) is 7.58. The minimum atomic E-state index is -3.08. The van der Waals surface area contributed by atoms with Crippen molar-refractivity contribution in [2.75, 3.05) is 33.9 Å². The molecule has 0 bridgehead atoms. The predicted molar refractivity (Wildman–Crippen MR) is 130 cm³/mol. The van der Waals surface area contributed by atoms with Gasteiger partial charge in [0.2, 0.25) is 5.16 Å². The van der Waals surface area contributed by atoms with E-state index in [1.165, 1.54) is 49.5 Å². The number of aliphatic hydroxyl groups is 1. The molecule has 206 valence electrons. The first kappa shape index (κ1) is 28.7. The van der Waals surface area contributed by atoms with Gasteiger partial charge in [0.05, 0.1) is 60.1 Å². The number of fused-ring (bicyclic) bond motifs is 1. The summed E-state index contributed by atoms with van der Waals surface area (Å²) in [7, 11) is 0.848. The van der Waals surface area contributed by atoms with Gasteiger partial charge in [0, 0.05) is 24.9 Å². The highest BCUT2D eigenvalue weighted by atomic mass is 32.2. The van der Waals surface area contributed by atoms with Crippen LogP contribution in [0.4, 0.5) is 18.4 Å². The van der Waals surface area contributed by atoms with Crippen LogP contribution in [-0.2, 0) is 32.6 Å². The summed E-state index contributed by atoms with van der Waals surface area (Å²) in [5.74, 6) is -0.0934. The predicted octanol–water partition coefficient (Wildman–Crippen LogP) is 2.91. The third-order valence-electron chi connectivity index (χ3n) is 5.20. The van der Waals surface area contributed by atoms with Crippen LogP contribution in [0.15, 0.2) is 35.6 Å². The number of carbonyl (C=O) groups is 2. The number of pyridine rings is 1. The third-order valence-corrected chi connectivity index (χ3v) is 6.42. The van der Waals surface area contributed by atoms with Crippen molar-refractivity contribution in [3.63, 3.8) is 0 Å². The zero-order chi connectivity index (χ0) is 27.8. The van der Waals surface area contributed by atoms with Gasteiger partial charge in [0.1, 0.15) is 18.1 Å². The summed E-state index contributed by atoms with van der Waals surface area (Å²) >= 11 is 0. The summed E-state index contributed by atoms with van der Waals surface area (Å²) in [5, 5.41) is 9.59. The number of likely N-dealkylation sites (N-methyl/N-ethyl adjacent to an activating group) is 1. The molecular weight excluding hydrogens is 530 g/mol. The summed E-state index contributed by atoms with van der Waals surface area (Å²) in [6, 6.07) is 4.62. The molecule has 38 heavy (non-hydrogen) atoms. The number of hydrogen-bond acceptors (Lipinski definition) is 10. The average Bonchev–Trinajstić information content (AvgIpc) is 3.26. The molecule has 0 aliphatic heterocycles. The van der Waals surface area contributed by atoms with E-state index in [0.717, 1.165) is 4.57 Å². The molecule has 0 aliphatic rings. The summed E-state index contributed by atoms with van der Waals surface area (Å²) in [6.07, 6.45) is 0.532. The Morgan fingerprint density at radius 2 is 2.00 bits per heavy atom. The van der Waals surface area contributed by atoms with Gasteiger partial charge in [-0.1, -0.05) is 0 Å². The Bertz CT molecular complexity index is 1320. The number of benzene rings is 1. The number of hydrogen-bond donors (Lipinski definition) is 1. The van der Waals surface area contributed by atoms with Crippen molar-refractivity contribution in [2.24, 2.45) is 0 Å². The minimum absolute atomic E-state index is 0.0396. The fraction of sp³-hybridized carbons (Fsp3) is 0.391. The van der Waals surface area contributed by atoms with E-state index in [1.54, 1.807) is 6.92 Å². The average molecular weight is 557 g/mol. The molecule has 3 rings (SSSR count). The molecule has 0 fully saturated rings. The number of halogens is 2. The van der Waals surface area contributed by atoms with Crippen molar-refractivity contribution >= 4 is 34.0 Å². The number of rotatable bonds is 11. The quantitative estimate of drug-likeness (QED) is 0.350. The molecule has 0 saturated heterocycles. The van der Waals surface area contributed by atoms with Crippen LogP contribution in [0.5, 0.6) is 11.5 Å². The molecule has 1 atom stereocenters. The van der Waals surface area contributed by atoms with Gasteiger partial charge in [0.25, 0.3) is 0 Å². The molecule has 15 heteroatoms. The molecule has 1 amide bonds. The standard InChI is InChI=1S/C23H26F2N4O8S/c1-4-35-23(32)36-10-9-28(2)22(31)29-18-6-5-14(37-20(24)25)11-16(18)27-21(29)38(33)13-17-15(12-30)19(34-3)7-8-26-17/h5-8,11,20,30H,4,9-10,12-13H2,1-3H3. The maximum atomic E-state index is 13.5. The number of alkyl halides is 2. The van der Waals surface area contributed by atoms with E-state index in [2.05, 4.69) is 19.4 Å². The number of amides is 1. The van der Waals surface area contributed by atoms with E-state index in [0.29, 0.717) is 11.3 Å². The SMILES string of the molecule is CCOC(=O)OCCN(C)C(=O)n1c(S(=O)Cc2nccc(OC)c2CO)nc2cc(OC(F)F)ccc21. The van der Waals surface area contributed by atoms with Crippen LogP contribution in [0.3, 0.4) is 0 Å². The van der Waals surface area contributed by atoms with E-state index in [4.69, 9.17) is 9.47 Å². The monoisotopic (exact) mass is 556 g/mol. The van der Waals surface area contributed by atoms with Gasteiger partial charge in [-0.3, -0.25) is 9.19 Å². The minimum Gasteiger partial charge on any atom is -0.496 e. The Balaban J connectivity index is 1.97. The van der Waals surface area contributed by atoms with Crippen LogP contribution in [-0.4, -0.2) is 81.5 Å². The molecule has 1 aromatic carbocycles. The van der Waals surface area contributed by atoms with Crippen LogP contribution in [0.25, 0.3) is 11.0 Å². The number of carbonyl (C=O) groups excluding carboxylic acids is 2. The molecule has 12 nitrogen and oxygen atoms in total. The van der Waals surface area contributed by atoms with Crippen molar-refractivity contribution < 1.29 is 46.6 Å². The molecule has 2 heterocycles. The number of nitrogens with zero attached hydrogens (tertiary/aromatic N) is 4. The van der Waals surface area contributed by atoms with Crippen molar-refractivity contribution in [3.8, 4) is 11.5 Å². The lowest BCUT2D eigenvalue weighted by atomic mass is 10.2. The van der Waals surface area contributed by atoms with Crippen molar-refractivity contribution in [2.45, 2.75) is 31.1 Å². The number of aromatic nitrogens is 3. The second-order valence-corrected chi connectivity index (χ2v) is 8.93. The van der Waals surface area contributed by atoms with Crippen molar-refractivity contribution in [3.05, 3.63) is 41.7 Å². The fourth-order valence-corrected chi connectivity index (χ4v) is 4.64. The third kappa shape index (κ3) is 6.72. The Morgan fingerprint density at radius 1 is 1.24 bits per heavy atom. The Hall–Kier alpha value is -3.85. The highest BCUT2D eigenvalue weighted by Gasteiger charge is 2.26. The van der Waals surface area contributed by atoms with E-state index >= 15 is 0 Å². The first-order chi connectivity index (χ1) is 18.2. The van der Waals surface area contributed by atoms with Crippen LogP contribution in [0.2, 0.25) is 0 Å². The molecule has 0 saturated carbocycles. The van der Waals surface area contributed by atoms with E-state index in [-0.39, 0.29) is 53.1 Å². The molecule has 2 aromatic heterocycles. The molecule has 0 aliphatic carbocycles. The lowest BCUT2D eigenvalue weighted by molar-refractivity contribution is -0.0497. The number of ether oxygens (including phenoxy) is 4. The highest BCUT2D eigenvalue weighted by molar-refractivity contribution is 7.84. The maximum Gasteiger partial charge on any atom is 0.508 e. The van der Waals surface area contributed by atoms with Gasteiger partial charge in [0.15, 0.2) is 0 Å².